The van der Waals surface area contributed by atoms with Gasteiger partial charge in [0.1, 0.15) is 5.01 Å². The van der Waals surface area contributed by atoms with E-state index in [1.807, 2.05) is 29.2 Å². The largest absolute Gasteiger partial charge is 0.339 e. The third kappa shape index (κ3) is 4.66. The van der Waals surface area contributed by atoms with E-state index in [9.17, 15) is 9.59 Å². The molecule has 148 valence electrons. The van der Waals surface area contributed by atoms with Gasteiger partial charge in [0.15, 0.2) is 0 Å². The minimum absolute atomic E-state index is 0.0770. The molecule has 0 spiro atoms. The highest BCUT2D eigenvalue weighted by atomic mass is 35.5. The lowest BCUT2D eigenvalue weighted by atomic mass is 10.1. The van der Waals surface area contributed by atoms with Crippen LogP contribution in [-0.2, 0) is 4.79 Å². The number of thiazole rings is 1. The molecule has 1 aliphatic rings. The summed E-state index contributed by atoms with van der Waals surface area (Å²) in [7, 11) is 0. The molecule has 0 unspecified atom stereocenters. The molecule has 4 rings (SSSR count). The number of likely N-dealkylation sites (tertiary alicyclic amines) is 1. The van der Waals surface area contributed by atoms with Crippen LogP contribution in [0.2, 0.25) is 5.02 Å². The molecule has 1 fully saturated rings. The van der Waals surface area contributed by atoms with E-state index in [1.165, 1.54) is 17.4 Å². The Morgan fingerprint density at radius 2 is 1.90 bits per heavy atom. The Morgan fingerprint density at radius 3 is 2.69 bits per heavy atom. The monoisotopic (exact) mass is 425 g/mol. The van der Waals surface area contributed by atoms with Gasteiger partial charge in [-0.2, -0.15) is 0 Å². The molecule has 0 aliphatic carbocycles. The average Bonchev–Trinajstić information content (AvgIpc) is 3.16. The minimum atomic E-state index is -0.334. The number of para-hydroxylation sites is 1. The number of halogens is 1. The van der Waals surface area contributed by atoms with Gasteiger partial charge in [-0.25, -0.2) is 4.98 Å². The second kappa shape index (κ2) is 8.76. The predicted octanol–water partition coefficient (Wildman–Crippen LogP) is 5.23. The van der Waals surface area contributed by atoms with Crippen LogP contribution in [0, 0.1) is 0 Å². The van der Waals surface area contributed by atoms with Gasteiger partial charge >= 0.3 is 0 Å². The van der Waals surface area contributed by atoms with Crippen molar-refractivity contribution >= 4 is 56.7 Å². The molecule has 2 amide bonds. The van der Waals surface area contributed by atoms with Crippen LogP contribution in [0.25, 0.3) is 16.3 Å². The third-order valence-electron chi connectivity index (χ3n) is 4.80. The fourth-order valence-electron chi connectivity index (χ4n) is 3.36. The number of nitrogens with zero attached hydrogens (tertiary/aromatic N) is 2. The molecule has 29 heavy (non-hydrogen) atoms. The Kier molecular flexibility index (Phi) is 5.92. The number of hydrogen-bond donors (Lipinski definition) is 1. The van der Waals surface area contributed by atoms with Gasteiger partial charge < -0.3 is 10.2 Å². The highest BCUT2D eigenvalue weighted by molar-refractivity contribution is 7.19. The van der Waals surface area contributed by atoms with Crippen LogP contribution in [0.4, 0.5) is 5.69 Å². The van der Waals surface area contributed by atoms with Crippen LogP contribution in [0.1, 0.15) is 34.6 Å². The highest BCUT2D eigenvalue weighted by Crippen LogP contribution is 2.25. The Balaban J connectivity index is 1.51. The number of benzene rings is 2. The predicted molar refractivity (Wildman–Crippen MR) is 118 cm³/mol. The van der Waals surface area contributed by atoms with Crippen molar-refractivity contribution in [2.45, 2.75) is 19.3 Å². The molecule has 3 aromatic rings. The van der Waals surface area contributed by atoms with E-state index >= 15 is 0 Å². The molecule has 5 nitrogen and oxygen atoms in total. The maximum Gasteiger partial charge on any atom is 0.255 e. The van der Waals surface area contributed by atoms with E-state index in [-0.39, 0.29) is 11.8 Å². The standard InChI is InChI=1S/C22H20ClN3O2S/c23-15-8-9-16(22(28)26-12-4-1-5-13-26)18(14-15)24-20(27)10-11-21-25-17-6-2-3-7-19(17)29-21/h2-3,6-11,14H,1,4-5,12-13H2,(H,24,27)/b11-10+. The van der Waals surface area contributed by atoms with Gasteiger partial charge in [0, 0.05) is 24.2 Å². The number of carbonyl (C=O) groups excluding carboxylic acids is 2. The van der Waals surface area contributed by atoms with Crippen LogP contribution >= 0.6 is 22.9 Å². The van der Waals surface area contributed by atoms with E-state index in [2.05, 4.69) is 10.3 Å². The van der Waals surface area contributed by atoms with E-state index in [4.69, 9.17) is 11.6 Å². The molecule has 0 bridgehead atoms. The van der Waals surface area contributed by atoms with Gasteiger partial charge in [0.05, 0.1) is 21.5 Å². The first-order valence-corrected chi connectivity index (χ1v) is 10.7. The fourth-order valence-corrected chi connectivity index (χ4v) is 4.40. The first kappa shape index (κ1) is 19.6. The Bertz CT molecular complexity index is 1050. The van der Waals surface area contributed by atoms with Crippen LogP contribution in [0.3, 0.4) is 0 Å². The van der Waals surface area contributed by atoms with E-state index < -0.39 is 0 Å². The smallest absolute Gasteiger partial charge is 0.255 e. The zero-order chi connectivity index (χ0) is 20.2. The number of piperidine rings is 1. The van der Waals surface area contributed by atoms with Crippen LogP contribution in [0.5, 0.6) is 0 Å². The molecule has 1 saturated heterocycles. The number of nitrogens with one attached hydrogen (secondary N) is 1. The molecule has 0 radical (unpaired) electrons. The summed E-state index contributed by atoms with van der Waals surface area (Å²) in [5.41, 5.74) is 1.78. The van der Waals surface area contributed by atoms with Gasteiger partial charge in [-0.05, 0) is 55.7 Å². The van der Waals surface area contributed by atoms with Crippen molar-refractivity contribution in [2.24, 2.45) is 0 Å². The second-order valence-corrected chi connectivity index (χ2v) is 8.38. The van der Waals surface area contributed by atoms with Crippen molar-refractivity contribution in [1.82, 2.24) is 9.88 Å². The molecule has 2 aromatic carbocycles. The lowest BCUT2D eigenvalue weighted by Gasteiger charge is -2.27. The third-order valence-corrected chi connectivity index (χ3v) is 6.04. The minimum Gasteiger partial charge on any atom is -0.339 e. The summed E-state index contributed by atoms with van der Waals surface area (Å²) >= 11 is 7.62. The second-order valence-electron chi connectivity index (χ2n) is 6.89. The van der Waals surface area contributed by atoms with Gasteiger partial charge in [0.25, 0.3) is 5.91 Å². The normalized spacial score (nSPS) is 14.4. The first-order valence-electron chi connectivity index (χ1n) is 9.53. The molecule has 1 N–H and O–H groups in total. The number of amides is 2. The summed E-state index contributed by atoms with van der Waals surface area (Å²) in [5, 5.41) is 4.01. The Morgan fingerprint density at radius 1 is 1.10 bits per heavy atom. The van der Waals surface area contributed by atoms with Crippen molar-refractivity contribution in [2.75, 3.05) is 18.4 Å². The Hall–Kier alpha value is -2.70. The van der Waals surface area contributed by atoms with Crippen LogP contribution < -0.4 is 5.32 Å². The first-order chi connectivity index (χ1) is 14.1. The quantitative estimate of drug-likeness (QED) is 0.582. The van der Waals surface area contributed by atoms with Gasteiger partial charge in [-0.3, -0.25) is 9.59 Å². The molecule has 7 heteroatoms. The molecular formula is C22H20ClN3O2S. The summed E-state index contributed by atoms with van der Waals surface area (Å²) in [5.74, 6) is -0.411. The maximum absolute atomic E-state index is 12.9. The van der Waals surface area contributed by atoms with Crippen molar-refractivity contribution < 1.29 is 9.59 Å². The number of anilines is 1. The lowest BCUT2D eigenvalue weighted by molar-refractivity contribution is -0.111. The number of carbonyl (C=O) groups is 2. The van der Waals surface area contributed by atoms with Crippen molar-refractivity contribution in [3.05, 3.63) is 64.1 Å². The van der Waals surface area contributed by atoms with Crippen LogP contribution in [-0.4, -0.2) is 34.8 Å². The van der Waals surface area contributed by atoms with E-state index in [0.29, 0.717) is 16.3 Å². The number of aromatic nitrogens is 1. The topological polar surface area (TPSA) is 62.3 Å². The highest BCUT2D eigenvalue weighted by Gasteiger charge is 2.21. The van der Waals surface area contributed by atoms with Crippen molar-refractivity contribution in [1.29, 1.82) is 0 Å². The summed E-state index contributed by atoms with van der Waals surface area (Å²) in [6, 6.07) is 12.8. The van der Waals surface area contributed by atoms with Crippen molar-refractivity contribution in [3.63, 3.8) is 0 Å². The molecule has 0 atom stereocenters. The summed E-state index contributed by atoms with van der Waals surface area (Å²) in [6.07, 6.45) is 6.26. The van der Waals surface area contributed by atoms with Crippen LogP contribution in [0.15, 0.2) is 48.5 Å². The lowest BCUT2D eigenvalue weighted by Crippen LogP contribution is -2.36. The van der Waals surface area contributed by atoms with Crippen molar-refractivity contribution in [3.8, 4) is 0 Å². The summed E-state index contributed by atoms with van der Waals surface area (Å²) in [6.45, 7) is 1.48. The fraction of sp³-hybridized carbons (Fsp3) is 0.227. The molecule has 1 aromatic heterocycles. The zero-order valence-electron chi connectivity index (χ0n) is 15.7. The molecule has 1 aliphatic heterocycles. The summed E-state index contributed by atoms with van der Waals surface area (Å²) < 4.78 is 1.07. The number of hydrogen-bond acceptors (Lipinski definition) is 4. The Labute approximate surface area is 178 Å². The maximum atomic E-state index is 12.9. The van der Waals surface area contributed by atoms with E-state index in [0.717, 1.165) is 47.6 Å². The molecule has 0 saturated carbocycles. The molecule has 2 heterocycles. The SMILES string of the molecule is O=C(/C=C/c1nc2ccccc2s1)Nc1cc(Cl)ccc1C(=O)N1CCCCC1. The average molecular weight is 426 g/mol. The van der Waals surface area contributed by atoms with Gasteiger partial charge in [-0.1, -0.05) is 23.7 Å². The van der Waals surface area contributed by atoms with E-state index in [1.54, 1.807) is 24.3 Å². The van der Waals surface area contributed by atoms with Gasteiger partial charge in [0.2, 0.25) is 5.91 Å². The number of fused-ring (bicyclic) bond motifs is 1. The van der Waals surface area contributed by atoms with Gasteiger partial charge in [-0.15, -0.1) is 11.3 Å². The zero-order valence-corrected chi connectivity index (χ0v) is 17.3. The molecular weight excluding hydrogens is 406 g/mol. The summed E-state index contributed by atoms with van der Waals surface area (Å²) in [4.78, 5) is 31.7. The number of rotatable bonds is 4.